The summed E-state index contributed by atoms with van der Waals surface area (Å²) in [5, 5.41) is 2.67. The first-order valence-electron chi connectivity index (χ1n) is 5.63. The van der Waals surface area contributed by atoms with E-state index >= 15 is 0 Å². The zero-order valence-electron chi connectivity index (χ0n) is 10.8. The Labute approximate surface area is 122 Å². The molecule has 106 valence electrons. The van der Waals surface area contributed by atoms with Crippen LogP contribution in [0.4, 0.5) is 5.69 Å². The highest BCUT2D eigenvalue weighted by Gasteiger charge is 2.25. The largest absolute Gasteiger partial charge is 0.326 e. The van der Waals surface area contributed by atoms with Gasteiger partial charge in [0.05, 0.1) is 5.02 Å². The molecule has 0 saturated carbocycles. The summed E-state index contributed by atoms with van der Waals surface area (Å²) in [6.07, 6.45) is 0.681. The number of anilines is 1. The van der Waals surface area contributed by atoms with Crippen LogP contribution in [0.15, 0.2) is 23.1 Å². The fourth-order valence-electron chi connectivity index (χ4n) is 1.24. The van der Waals surface area contributed by atoms with E-state index in [9.17, 15) is 13.2 Å². The highest BCUT2D eigenvalue weighted by molar-refractivity contribution is 8.13. The number of halogens is 2. The Morgan fingerprint density at radius 3 is 2.37 bits per heavy atom. The van der Waals surface area contributed by atoms with Crippen LogP contribution in [-0.4, -0.2) is 14.3 Å². The molecule has 0 aromatic heterocycles. The van der Waals surface area contributed by atoms with Crippen LogP contribution >= 0.6 is 22.3 Å². The number of hydrogen-bond acceptors (Lipinski definition) is 3. The second-order valence-electron chi connectivity index (χ2n) is 4.77. The fraction of sp³-hybridized carbons (Fsp3) is 0.417. The Morgan fingerprint density at radius 2 is 1.95 bits per heavy atom. The van der Waals surface area contributed by atoms with E-state index < -0.39 is 14.5 Å². The van der Waals surface area contributed by atoms with Crippen molar-refractivity contribution in [3.8, 4) is 0 Å². The molecule has 1 aromatic rings. The minimum Gasteiger partial charge on any atom is -0.326 e. The van der Waals surface area contributed by atoms with Crippen molar-refractivity contribution in [3.63, 3.8) is 0 Å². The van der Waals surface area contributed by atoms with Gasteiger partial charge in [-0.3, -0.25) is 4.79 Å². The van der Waals surface area contributed by atoms with Crippen LogP contribution in [-0.2, 0) is 13.8 Å². The van der Waals surface area contributed by atoms with Crippen molar-refractivity contribution in [3.05, 3.63) is 23.2 Å². The molecule has 0 fully saturated rings. The van der Waals surface area contributed by atoms with Crippen LogP contribution in [0.2, 0.25) is 5.02 Å². The first-order chi connectivity index (χ1) is 8.58. The van der Waals surface area contributed by atoms with Gasteiger partial charge in [0.2, 0.25) is 5.91 Å². The van der Waals surface area contributed by atoms with E-state index in [4.69, 9.17) is 22.3 Å². The van der Waals surface area contributed by atoms with Gasteiger partial charge in [0.1, 0.15) is 4.90 Å². The maximum atomic E-state index is 12.0. The molecule has 0 saturated heterocycles. The average Bonchev–Trinajstić information content (AvgIpc) is 2.27. The van der Waals surface area contributed by atoms with Gasteiger partial charge in [-0.05, 0) is 24.6 Å². The smallest absolute Gasteiger partial charge is 0.262 e. The monoisotopic (exact) mass is 323 g/mol. The highest BCUT2D eigenvalue weighted by Crippen LogP contribution is 2.29. The van der Waals surface area contributed by atoms with E-state index in [1.54, 1.807) is 0 Å². The molecule has 0 atom stereocenters. The number of hydrogen-bond donors (Lipinski definition) is 1. The highest BCUT2D eigenvalue weighted by atomic mass is 35.7. The van der Waals surface area contributed by atoms with Crippen LogP contribution in [0.25, 0.3) is 0 Å². The summed E-state index contributed by atoms with van der Waals surface area (Å²) in [5.41, 5.74) is -0.0791. The standard InChI is InChI=1S/C12H15Cl2NO3S/c1-4-12(2,3)11(16)15-8-5-6-10(9(13)7-8)19(14,17)18/h5-7H,4H2,1-3H3,(H,15,16). The summed E-state index contributed by atoms with van der Waals surface area (Å²) in [6.45, 7) is 5.55. The quantitative estimate of drug-likeness (QED) is 0.860. The van der Waals surface area contributed by atoms with Crippen molar-refractivity contribution < 1.29 is 13.2 Å². The Bertz CT molecular complexity index is 597. The van der Waals surface area contributed by atoms with Crippen molar-refractivity contribution in [2.75, 3.05) is 5.32 Å². The summed E-state index contributed by atoms with van der Waals surface area (Å²) < 4.78 is 22.4. The van der Waals surface area contributed by atoms with Gasteiger partial charge in [-0.15, -0.1) is 0 Å². The Balaban J connectivity index is 3.01. The molecule has 1 aromatic carbocycles. The molecule has 1 amide bonds. The molecule has 0 heterocycles. The minimum atomic E-state index is -3.88. The third-order valence-corrected chi connectivity index (χ3v) is 4.76. The fourth-order valence-corrected chi connectivity index (χ4v) is 2.77. The molecular weight excluding hydrogens is 309 g/mol. The molecule has 1 N–H and O–H groups in total. The number of benzene rings is 1. The summed E-state index contributed by atoms with van der Waals surface area (Å²) in [6, 6.07) is 4.07. The van der Waals surface area contributed by atoms with Crippen LogP contribution in [0.3, 0.4) is 0 Å². The number of carbonyl (C=O) groups is 1. The predicted molar refractivity (Wildman–Crippen MR) is 77.2 cm³/mol. The van der Waals surface area contributed by atoms with Gasteiger partial charge in [-0.1, -0.05) is 32.4 Å². The van der Waals surface area contributed by atoms with Crippen LogP contribution in [0, 0.1) is 5.41 Å². The van der Waals surface area contributed by atoms with E-state index in [1.807, 2.05) is 20.8 Å². The molecule has 0 aliphatic carbocycles. The molecular formula is C12H15Cl2NO3S. The number of amides is 1. The lowest BCUT2D eigenvalue weighted by molar-refractivity contribution is -0.124. The number of nitrogens with one attached hydrogen (secondary N) is 1. The average molecular weight is 324 g/mol. The molecule has 0 aliphatic rings. The predicted octanol–water partition coefficient (Wildman–Crippen LogP) is 3.64. The third-order valence-electron chi connectivity index (χ3n) is 2.95. The van der Waals surface area contributed by atoms with Gasteiger partial charge < -0.3 is 5.32 Å². The molecule has 0 unspecified atom stereocenters. The van der Waals surface area contributed by atoms with Gasteiger partial charge in [-0.25, -0.2) is 8.42 Å². The molecule has 0 radical (unpaired) electrons. The van der Waals surface area contributed by atoms with Gasteiger partial charge >= 0.3 is 0 Å². The van der Waals surface area contributed by atoms with E-state index in [0.717, 1.165) is 0 Å². The van der Waals surface area contributed by atoms with Crippen LogP contribution < -0.4 is 5.32 Å². The first kappa shape index (κ1) is 16.3. The van der Waals surface area contributed by atoms with Crippen molar-refractivity contribution >= 4 is 42.9 Å². The van der Waals surface area contributed by atoms with Crippen molar-refractivity contribution in [1.29, 1.82) is 0 Å². The first-order valence-corrected chi connectivity index (χ1v) is 8.32. The van der Waals surface area contributed by atoms with E-state index in [1.165, 1.54) is 18.2 Å². The number of rotatable bonds is 4. The molecule has 0 aliphatic heterocycles. The lowest BCUT2D eigenvalue weighted by Gasteiger charge is -2.21. The molecule has 7 heteroatoms. The molecule has 0 bridgehead atoms. The normalized spacial score (nSPS) is 12.3. The molecule has 0 spiro atoms. The lowest BCUT2D eigenvalue weighted by atomic mass is 9.89. The summed E-state index contributed by atoms with van der Waals surface area (Å²) in [4.78, 5) is 11.8. The van der Waals surface area contributed by atoms with Crippen LogP contribution in [0.1, 0.15) is 27.2 Å². The molecule has 4 nitrogen and oxygen atoms in total. The van der Waals surface area contributed by atoms with Crippen molar-refractivity contribution in [1.82, 2.24) is 0 Å². The second-order valence-corrected chi connectivity index (χ2v) is 7.72. The second kappa shape index (κ2) is 5.69. The minimum absolute atomic E-state index is 0.0258. The maximum Gasteiger partial charge on any atom is 0.262 e. The molecule has 1 rings (SSSR count). The summed E-state index contributed by atoms with van der Waals surface area (Å²) in [7, 11) is 1.33. The van der Waals surface area contributed by atoms with Gasteiger partial charge in [0, 0.05) is 21.8 Å². The summed E-state index contributed by atoms with van der Waals surface area (Å²) >= 11 is 5.83. The van der Waals surface area contributed by atoms with Crippen LogP contribution in [0.5, 0.6) is 0 Å². The van der Waals surface area contributed by atoms with E-state index in [-0.39, 0.29) is 15.8 Å². The third kappa shape index (κ3) is 4.09. The van der Waals surface area contributed by atoms with E-state index in [0.29, 0.717) is 12.1 Å². The Kier molecular flexibility index (Phi) is 4.87. The SMILES string of the molecule is CCC(C)(C)C(=O)Nc1ccc(S(=O)(=O)Cl)c(Cl)c1. The van der Waals surface area contributed by atoms with E-state index in [2.05, 4.69) is 5.32 Å². The Morgan fingerprint density at radius 1 is 1.37 bits per heavy atom. The number of carbonyl (C=O) groups excluding carboxylic acids is 1. The molecule has 19 heavy (non-hydrogen) atoms. The topological polar surface area (TPSA) is 63.2 Å². The maximum absolute atomic E-state index is 12.0. The van der Waals surface area contributed by atoms with Crippen molar-refractivity contribution in [2.45, 2.75) is 32.1 Å². The summed E-state index contributed by atoms with van der Waals surface area (Å²) in [5.74, 6) is -0.160. The Hall–Kier alpha value is -0.780. The van der Waals surface area contributed by atoms with Gasteiger partial charge in [0.25, 0.3) is 9.05 Å². The zero-order valence-corrected chi connectivity index (χ0v) is 13.2. The lowest BCUT2D eigenvalue weighted by Crippen LogP contribution is -2.29. The van der Waals surface area contributed by atoms with Gasteiger partial charge in [-0.2, -0.15) is 0 Å². The van der Waals surface area contributed by atoms with Crippen molar-refractivity contribution in [2.24, 2.45) is 5.41 Å². The zero-order chi connectivity index (χ0) is 14.8. The van der Waals surface area contributed by atoms with Gasteiger partial charge in [0.15, 0.2) is 0 Å².